The third kappa shape index (κ3) is 4.14. The number of hydrogen-bond acceptors (Lipinski definition) is 4. The van der Waals surface area contributed by atoms with Crippen molar-refractivity contribution in [1.82, 2.24) is 0 Å². The molecule has 0 bridgehead atoms. The van der Waals surface area contributed by atoms with Gasteiger partial charge in [-0.05, 0) is 35.4 Å². The van der Waals surface area contributed by atoms with Crippen molar-refractivity contribution in [2.45, 2.75) is 17.5 Å². The van der Waals surface area contributed by atoms with Gasteiger partial charge in [-0.25, -0.2) is 8.42 Å². The van der Waals surface area contributed by atoms with Gasteiger partial charge in [-0.1, -0.05) is 40.2 Å². The molecule has 112 valence electrons. The Morgan fingerprint density at radius 2 is 1.62 bits per heavy atom. The van der Waals surface area contributed by atoms with Gasteiger partial charge in [0.1, 0.15) is 0 Å². The van der Waals surface area contributed by atoms with Crippen molar-refractivity contribution < 1.29 is 13.5 Å². The SMILES string of the molecule is NCc1ccc(C(O)CS(=O)(=O)c2ccc(Br)cc2)cc1. The Labute approximate surface area is 132 Å². The second-order valence-electron chi connectivity index (χ2n) is 4.70. The fourth-order valence-corrected chi connectivity index (χ4v) is 3.53. The molecule has 0 aliphatic carbocycles. The second kappa shape index (κ2) is 6.70. The van der Waals surface area contributed by atoms with Gasteiger partial charge in [-0.3, -0.25) is 0 Å². The van der Waals surface area contributed by atoms with E-state index < -0.39 is 15.9 Å². The first kappa shape index (κ1) is 16.2. The zero-order valence-corrected chi connectivity index (χ0v) is 13.6. The maximum absolute atomic E-state index is 12.3. The summed E-state index contributed by atoms with van der Waals surface area (Å²) in [6.45, 7) is 0.410. The minimum Gasteiger partial charge on any atom is -0.387 e. The van der Waals surface area contributed by atoms with Crippen LogP contribution >= 0.6 is 15.9 Å². The Morgan fingerprint density at radius 3 is 2.14 bits per heavy atom. The number of benzene rings is 2. The molecule has 2 aromatic carbocycles. The fraction of sp³-hybridized carbons (Fsp3) is 0.200. The van der Waals surface area contributed by atoms with Crippen LogP contribution in [0, 0.1) is 0 Å². The van der Waals surface area contributed by atoms with E-state index in [-0.39, 0.29) is 10.6 Å². The monoisotopic (exact) mass is 369 g/mol. The van der Waals surface area contributed by atoms with Crippen molar-refractivity contribution in [3.63, 3.8) is 0 Å². The molecule has 0 aliphatic rings. The summed E-state index contributed by atoms with van der Waals surface area (Å²) in [5.74, 6) is -0.351. The van der Waals surface area contributed by atoms with Gasteiger partial charge in [0.15, 0.2) is 9.84 Å². The topological polar surface area (TPSA) is 80.4 Å². The molecule has 0 radical (unpaired) electrons. The van der Waals surface area contributed by atoms with Gasteiger partial charge in [-0.15, -0.1) is 0 Å². The zero-order chi connectivity index (χ0) is 15.5. The summed E-state index contributed by atoms with van der Waals surface area (Å²) in [7, 11) is -3.54. The van der Waals surface area contributed by atoms with Crippen LogP contribution < -0.4 is 5.73 Å². The first-order valence-corrected chi connectivity index (χ1v) is 8.82. The largest absolute Gasteiger partial charge is 0.387 e. The number of rotatable bonds is 5. The van der Waals surface area contributed by atoms with Crippen molar-refractivity contribution >= 4 is 25.8 Å². The zero-order valence-electron chi connectivity index (χ0n) is 11.2. The van der Waals surface area contributed by atoms with Gasteiger partial charge in [0.25, 0.3) is 0 Å². The summed E-state index contributed by atoms with van der Waals surface area (Å²) >= 11 is 3.26. The van der Waals surface area contributed by atoms with Gasteiger partial charge in [-0.2, -0.15) is 0 Å². The first-order valence-electron chi connectivity index (χ1n) is 6.37. The molecule has 0 saturated carbocycles. The molecular weight excluding hydrogens is 354 g/mol. The Bertz CT molecular complexity index is 697. The lowest BCUT2D eigenvalue weighted by Gasteiger charge is -2.12. The molecule has 0 amide bonds. The minimum atomic E-state index is -3.54. The normalized spacial score (nSPS) is 13.1. The van der Waals surface area contributed by atoms with E-state index in [2.05, 4.69) is 15.9 Å². The molecule has 2 rings (SSSR count). The molecule has 21 heavy (non-hydrogen) atoms. The number of aliphatic hydroxyl groups is 1. The lowest BCUT2D eigenvalue weighted by Crippen LogP contribution is -2.15. The Hall–Kier alpha value is -1.21. The maximum atomic E-state index is 12.3. The van der Waals surface area contributed by atoms with Gasteiger partial charge in [0, 0.05) is 11.0 Å². The molecule has 3 N–H and O–H groups in total. The summed E-state index contributed by atoms with van der Waals surface area (Å²) in [6.07, 6.45) is -1.06. The van der Waals surface area contributed by atoms with E-state index >= 15 is 0 Å². The predicted molar refractivity (Wildman–Crippen MR) is 85.5 cm³/mol. The molecule has 4 nitrogen and oxygen atoms in total. The number of halogens is 1. The van der Waals surface area contributed by atoms with Crippen LogP contribution in [0.1, 0.15) is 17.2 Å². The highest BCUT2D eigenvalue weighted by Crippen LogP contribution is 2.21. The fourth-order valence-electron chi connectivity index (χ4n) is 1.92. The molecule has 0 spiro atoms. The quantitative estimate of drug-likeness (QED) is 0.847. The number of sulfone groups is 1. The van der Waals surface area contributed by atoms with Crippen molar-refractivity contribution in [1.29, 1.82) is 0 Å². The van der Waals surface area contributed by atoms with E-state index in [1.54, 1.807) is 36.4 Å². The summed E-state index contributed by atoms with van der Waals surface area (Å²) < 4.78 is 25.3. The Balaban J connectivity index is 2.17. The Kier molecular flexibility index (Phi) is 5.16. The maximum Gasteiger partial charge on any atom is 0.181 e. The first-order chi connectivity index (χ1) is 9.92. The van der Waals surface area contributed by atoms with Crippen LogP contribution in [0.2, 0.25) is 0 Å². The Morgan fingerprint density at radius 1 is 1.05 bits per heavy atom. The number of hydrogen-bond donors (Lipinski definition) is 2. The van der Waals surface area contributed by atoms with E-state index in [1.165, 1.54) is 12.1 Å². The third-order valence-electron chi connectivity index (χ3n) is 3.15. The summed E-state index contributed by atoms with van der Waals surface area (Å²) in [4.78, 5) is 0.198. The molecule has 0 fully saturated rings. The van der Waals surface area contributed by atoms with E-state index in [0.29, 0.717) is 12.1 Å². The molecule has 2 aromatic rings. The highest BCUT2D eigenvalue weighted by molar-refractivity contribution is 9.10. The molecule has 1 atom stereocenters. The molecular formula is C15H16BrNO3S. The molecule has 0 aromatic heterocycles. The standard InChI is InChI=1S/C15H16BrNO3S/c16-13-5-7-14(8-6-13)21(19,20)10-15(18)12-3-1-11(9-17)2-4-12/h1-8,15,18H,9-10,17H2. The average Bonchev–Trinajstić information content (AvgIpc) is 2.47. The van der Waals surface area contributed by atoms with Gasteiger partial charge < -0.3 is 10.8 Å². The summed E-state index contributed by atoms with van der Waals surface area (Å²) in [5.41, 5.74) is 7.00. The lowest BCUT2D eigenvalue weighted by molar-refractivity contribution is 0.201. The molecule has 0 heterocycles. The summed E-state index contributed by atoms with van der Waals surface area (Å²) in [6, 6.07) is 13.3. The highest BCUT2D eigenvalue weighted by atomic mass is 79.9. The minimum absolute atomic E-state index is 0.198. The van der Waals surface area contributed by atoms with Crippen LogP contribution in [0.15, 0.2) is 57.9 Å². The van der Waals surface area contributed by atoms with E-state index in [4.69, 9.17) is 5.73 Å². The van der Waals surface area contributed by atoms with E-state index in [9.17, 15) is 13.5 Å². The van der Waals surface area contributed by atoms with Crippen LogP contribution in [0.25, 0.3) is 0 Å². The third-order valence-corrected chi connectivity index (χ3v) is 5.42. The lowest BCUT2D eigenvalue weighted by atomic mass is 10.1. The second-order valence-corrected chi connectivity index (χ2v) is 7.65. The van der Waals surface area contributed by atoms with Crippen LogP contribution in [0.5, 0.6) is 0 Å². The van der Waals surface area contributed by atoms with Gasteiger partial charge in [0.05, 0.1) is 16.8 Å². The predicted octanol–water partition coefficient (Wildman–Crippen LogP) is 2.42. The van der Waals surface area contributed by atoms with Crippen LogP contribution in [-0.4, -0.2) is 19.3 Å². The van der Waals surface area contributed by atoms with Crippen molar-refractivity contribution in [2.24, 2.45) is 5.73 Å². The van der Waals surface area contributed by atoms with E-state index in [1.807, 2.05) is 0 Å². The highest BCUT2D eigenvalue weighted by Gasteiger charge is 2.20. The summed E-state index contributed by atoms with van der Waals surface area (Å²) in [5, 5.41) is 10.1. The van der Waals surface area contributed by atoms with Crippen molar-refractivity contribution in [3.05, 3.63) is 64.1 Å². The van der Waals surface area contributed by atoms with Gasteiger partial charge >= 0.3 is 0 Å². The van der Waals surface area contributed by atoms with Crippen molar-refractivity contribution in [3.8, 4) is 0 Å². The molecule has 1 unspecified atom stereocenters. The number of nitrogens with two attached hydrogens (primary N) is 1. The van der Waals surface area contributed by atoms with Crippen LogP contribution in [0.4, 0.5) is 0 Å². The number of aliphatic hydroxyl groups excluding tert-OH is 1. The molecule has 6 heteroatoms. The molecule has 0 saturated heterocycles. The van der Waals surface area contributed by atoms with Crippen LogP contribution in [0.3, 0.4) is 0 Å². The van der Waals surface area contributed by atoms with Crippen molar-refractivity contribution in [2.75, 3.05) is 5.75 Å². The van der Waals surface area contributed by atoms with Gasteiger partial charge in [0.2, 0.25) is 0 Å². The van der Waals surface area contributed by atoms with E-state index in [0.717, 1.165) is 10.0 Å². The smallest absolute Gasteiger partial charge is 0.181 e. The van der Waals surface area contributed by atoms with Crippen LogP contribution in [-0.2, 0) is 16.4 Å². The molecule has 0 aliphatic heterocycles. The average molecular weight is 370 g/mol.